The van der Waals surface area contributed by atoms with E-state index < -0.39 is 18.6 Å². The maximum absolute atomic E-state index is 12.6. The number of rotatable bonds is 5. The monoisotopic (exact) mass is 315 g/mol. The van der Waals surface area contributed by atoms with Crippen molar-refractivity contribution in [3.05, 3.63) is 17.7 Å². The Balaban J connectivity index is 1.86. The Morgan fingerprint density at radius 3 is 2.82 bits per heavy atom. The number of ether oxygens (including phenoxy) is 3. The van der Waals surface area contributed by atoms with E-state index in [2.05, 4.69) is 4.74 Å². The standard InChI is InChI=1S/C14H15F2NO5/c15-14(16)22-10-5-12-11(20-7-21-12)4-8(10)6-17-3-1-2-9(17)13(18)19/h4-5,9,14H,1-3,6-7H2,(H,18,19)/t9-/m1/s1. The minimum atomic E-state index is -2.96. The molecule has 2 aliphatic rings. The first-order chi connectivity index (χ1) is 10.5. The van der Waals surface area contributed by atoms with Crippen molar-refractivity contribution >= 4 is 5.97 Å². The van der Waals surface area contributed by atoms with Crippen molar-refractivity contribution in [3.8, 4) is 17.2 Å². The van der Waals surface area contributed by atoms with E-state index in [4.69, 9.17) is 9.47 Å². The van der Waals surface area contributed by atoms with Crippen LogP contribution in [-0.2, 0) is 11.3 Å². The molecule has 0 unspecified atom stereocenters. The lowest BCUT2D eigenvalue weighted by atomic mass is 10.1. The lowest BCUT2D eigenvalue weighted by molar-refractivity contribution is -0.142. The number of benzene rings is 1. The molecule has 1 saturated heterocycles. The lowest BCUT2D eigenvalue weighted by Crippen LogP contribution is -2.35. The number of alkyl halides is 2. The van der Waals surface area contributed by atoms with Gasteiger partial charge in [0.1, 0.15) is 11.8 Å². The largest absolute Gasteiger partial charge is 0.480 e. The average Bonchev–Trinajstić information content (AvgIpc) is 3.06. The number of fused-ring (bicyclic) bond motifs is 1. The van der Waals surface area contributed by atoms with Crippen molar-refractivity contribution < 1.29 is 32.9 Å². The molecule has 3 rings (SSSR count). The topological polar surface area (TPSA) is 68.2 Å². The molecule has 2 aliphatic heterocycles. The Hall–Kier alpha value is -2.09. The van der Waals surface area contributed by atoms with Crippen molar-refractivity contribution in [2.75, 3.05) is 13.3 Å². The molecule has 0 amide bonds. The summed E-state index contributed by atoms with van der Waals surface area (Å²) >= 11 is 0. The maximum Gasteiger partial charge on any atom is 0.387 e. The Bertz CT molecular complexity index is 581. The van der Waals surface area contributed by atoms with Gasteiger partial charge in [0.2, 0.25) is 6.79 Å². The molecule has 8 heteroatoms. The SMILES string of the molecule is O=C(O)[C@H]1CCCN1Cc1cc2c(cc1OC(F)F)OCO2. The second-order valence-electron chi connectivity index (χ2n) is 5.16. The van der Waals surface area contributed by atoms with E-state index in [1.54, 1.807) is 11.0 Å². The van der Waals surface area contributed by atoms with E-state index in [1.807, 2.05) is 0 Å². The number of carbonyl (C=O) groups is 1. The molecule has 0 aliphatic carbocycles. The highest BCUT2D eigenvalue weighted by atomic mass is 19.3. The number of carboxylic acids is 1. The Morgan fingerprint density at radius 2 is 2.14 bits per heavy atom. The van der Waals surface area contributed by atoms with Gasteiger partial charge in [-0.3, -0.25) is 9.69 Å². The van der Waals surface area contributed by atoms with E-state index in [9.17, 15) is 18.7 Å². The Morgan fingerprint density at radius 1 is 1.41 bits per heavy atom. The number of hydrogen-bond acceptors (Lipinski definition) is 5. The normalized spacial score (nSPS) is 20.6. The fraction of sp³-hybridized carbons (Fsp3) is 0.500. The summed E-state index contributed by atoms with van der Waals surface area (Å²) in [5, 5.41) is 9.19. The zero-order valence-corrected chi connectivity index (χ0v) is 11.6. The van der Waals surface area contributed by atoms with Crippen LogP contribution in [-0.4, -0.2) is 42.0 Å². The second kappa shape index (κ2) is 5.96. The summed E-state index contributed by atoms with van der Waals surface area (Å²) in [5.41, 5.74) is 0.456. The minimum Gasteiger partial charge on any atom is -0.480 e. The highest BCUT2D eigenvalue weighted by Crippen LogP contribution is 2.39. The predicted octanol–water partition coefficient (Wildman–Crippen LogP) is 2.07. The second-order valence-corrected chi connectivity index (χ2v) is 5.16. The molecule has 1 aromatic rings. The molecule has 1 fully saturated rings. The van der Waals surface area contributed by atoms with Crippen molar-refractivity contribution in [3.63, 3.8) is 0 Å². The van der Waals surface area contributed by atoms with Gasteiger partial charge in [-0.1, -0.05) is 0 Å². The van der Waals surface area contributed by atoms with Gasteiger partial charge in [-0.05, 0) is 25.5 Å². The van der Waals surface area contributed by atoms with Crippen LogP contribution >= 0.6 is 0 Å². The van der Waals surface area contributed by atoms with Gasteiger partial charge in [-0.2, -0.15) is 8.78 Å². The smallest absolute Gasteiger partial charge is 0.387 e. The van der Waals surface area contributed by atoms with Crippen molar-refractivity contribution in [1.29, 1.82) is 0 Å². The molecule has 6 nitrogen and oxygen atoms in total. The number of halogens is 2. The van der Waals surface area contributed by atoms with E-state index in [0.717, 1.165) is 6.42 Å². The van der Waals surface area contributed by atoms with Gasteiger partial charge in [0.15, 0.2) is 11.5 Å². The molecule has 0 radical (unpaired) electrons. The molecule has 0 aromatic heterocycles. The molecule has 1 atom stereocenters. The molecule has 2 heterocycles. The van der Waals surface area contributed by atoms with Gasteiger partial charge < -0.3 is 19.3 Å². The van der Waals surface area contributed by atoms with Crippen LogP contribution in [0.2, 0.25) is 0 Å². The third-order valence-electron chi connectivity index (χ3n) is 3.79. The van der Waals surface area contributed by atoms with Gasteiger partial charge in [0, 0.05) is 18.2 Å². The Kier molecular flexibility index (Phi) is 4.02. The first-order valence-corrected chi connectivity index (χ1v) is 6.89. The number of nitrogens with zero attached hydrogens (tertiary/aromatic N) is 1. The maximum atomic E-state index is 12.6. The van der Waals surface area contributed by atoms with E-state index in [0.29, 0.717) is 30.0 Å². The number of aliphatic carboxylic acids is 1. The van der Waals surface area contributed by atoms with Crippen LogP contribution in [0.1, 0.15) is 18.4 Å². The van der Waals surface area contributed by atoms with Gasteiger partial charge in [0.25, 0.3) is 0 Å². The molecule has 1 N–H and O–H groups in total. The number of hydrogen-bond donors (Lipinski definition) is 1. The summed E-state index contributed by atoms with van der Waals surface area (Å²) in [5.74, 6) is -0.136. The molecular formula is C14H15F2NO5. The van der Waals surface area contributed by atoms with Crippen LogP contribution < -0.4 is 14.2 Å². The first-order valence-electron chi connectivity index (χ1n) is 6.89. The van der Waals surface area contributed by atoms with Crippen LogP contribution in [0.25, 0.3) is 0 Å². The zero-order valence-electron chi connectivity index (χ0n) is 11.6. The van der Waals surface area contributed by atoms with Crippen LogP contribution in [0.5, 0.6) is 17.2 Å². The van der Waals surface area contributed by atoms with Crippen LogP contribution in [0, 0.1) is 0 Å². The summed E-state index contributed by atoms with van der Waals surface area (Å²) in [6.07, 6.45) is 1.30. The quantitative estimate of drug-likeness (QED) is 0.897. The summed E-state index contributed by atoms with van der Waals surface area (Å²) in [6.45, 7) is -2.14. The molecule has 0 spiro atoms. The van der Waals surface area contributed by atoms with E-state index >= 15 is 0 Å². The zero-order chi connectivity index (χ0) is 15.7. The summed E-state index contributed by atoms with van der Waals surface area (Å²) in [7, 11) is 0. The van der Waals surface area contributed by atoms with Crippen molar-refractivity contribution in [1.82, 2.24) is 4.90 Å². The highest BCUT2D eigenvalue weighted by Gasteiger charge is 2.31. The summed E-state index contributed by atoms with van der Waals surface area (Å²) in [6, 6.07) is 2.32. The van der Waals surface area contributed by atoms with Gasteiger partial charge in [-0.25, -0.2) is 0 Å². The molecular weight excluding hydrogens is 300 g/mol. The summed E-state index contributed by atoms with van der Waals surface area (Å²) in [4.78, 5) is 12.9. The predicted molar refractivity (Wildman–Crippen MR) is 70.3 cm³/mol. The van der Waals surface area contributed by atoms with Crippen LogP contribution in [0.3, 0.4) is 0 Å². The molecule has 0 saturated carbocycles. The molecule has 22 heavy (non-hydrogen) atoms. The van der Waals surface area contributed by atoms with Crippen molar-refractivity contribution in [2.24, 2.45) is 0 Å². The Labute approximate surface area is 125 Å². The third-order valence-corrected chi connectivity index (χ3v) is 3.79. The van der Waals surface area contributed by atoms with E-state index in [1.165, 1.54) is 6.07 Å². The van der Waals surface area contributed by atoms with E-state index in [-0.39, 0.29) is 19.1 Å². The minimum absolute atomic E-state index is 0.0183. The van der Waals surface area contributed by atoms with Gasteiger partial charge in [-0.15, -0.1) is 0 Å². The fourth-order valence-electron chi connectivity index (χ4n) is 2.81. The molecule has 0 bridgehead atoms. The van der Waals surface area contributed by atoms with Crippen LogP contribution in [0.15, 0.2) is 12.1 Å². The van der Waals surface area contributed by atoms with Gasteiger partial charge >= 0.3 is 12.6 Å². The number of carboxylic acid groups (broad SMARTS) is 1. The molecule has 1 aromatic carbocycles. The summed E-state index contributed by atoms with van der Waals surface area (Å²) < 4.78 is 40.1. The molecule has 120 valence electrons. The third kappa shape index (κ3) is 2.92. The highest BCUT2D eigenvalue weighted by molar-refractivity contribution is 5.73. The number of likely N-dealkylation sites (tertiary alicyclic amines) is 1. The lowest BCUT2D eigenvalue weighted by Gasteiger charge is -2.22. The fourth-order valence-corrected chi connectivity index (χ4v) is 2.81. The first kappa shape index (κ1) is 14.8. The van der Waals surface area contributed by atoms with Crippen molar-refractivity contribution in [2.45, 2.75) is 32.0 Å². The average molecular weight is 315 g/mol. The van der Waals surface area contributed by atoms with Crippen LogP contribution in [0.4, 0.5) is 8.78 Å². The van der Waals surface area contributed by atoms with Gasteiger partial charge in [0.05, 0.1) is 0 Å².